The summed E-state index contributed by atoms with van der Waals surface area (Å²) < 4.78 is 11.7. The number of rotatable bonds is 6. The van der Waals surface area contributed by atoms with Crippen molar-refractivity contribution in [2.24, 2.45) is 0 Å². The van der Waals surface area contributed by atoms with Gasteiger partial charge in [-0.15, -0.1) is 0 Å². The number of nitrogens with one attached hydrogen (secondary N) is 1. The van der Waals surface area contributed by atoms with Gasteiger partial charge in [-0.2, -0.15) is 5.10 Å². The molecule has 1 heterocycles. The van der Waals surface area contributed by atoms with Crippen LogP contribution in [0.15, 0.2) is 53.3 Å². The first-order valence-corrected chi connectivity index (χ1v) is 9.22. The molecule has 0 atom stereocenters. The van der Waals surface area contributed by atoms with E-state index in [1.165, 1.54) is 19.2 Å². The van der Waals surface area contributed by atoms with Gasteiger partial charge in [-0.3, -0.25) is 9.59 Å². The Hall–Kier alpha value is -3.03. The lowest BCUT2D eigenvalue weighted by molar-refractivity contribution is -0.117. The largest absolute Gasteiger partial charge is 0.497 e. The maximum Gasteiger partial charge on any atom is 0.267 e. The van der Waals surface area contributed by atoms with Crippen LogP contribution in [-0.4, -0.2) is 29.9 Å². The van der Waals surface area contributed by atoms with Crippen LogP contribution in [0.1, 0.15) is 0 Å². The fourth-order valence-electron chi connectivity index (χ4n) is 2.63. The zero-order chi connectivity index (χ0) is 21.0. The normalized spacial score (nSPS) is 10.5. The molecule has 0 saturated carbocycles. The number of benzene rings is 2. The van der Waals surface area contributed by atoms with Crippen molar-refractivity contribution >= 4 is 34.8 Å². The molecule has 29 heavy (non-hydrogen) atoms. The second kappa shape index (κ2) is 8.98. The van der Waals surface area contributed by atoms with Crippen LogP contribution in [0.4, 0.5) is 5.69 Å². The van der Waals surface area contributed by atoms with Crippen LogP contribution >= 0.6 is 23.2 Å². The Morgan fingerprint density at radius 1 is 1.03 bits per heavy atom. The van der Waals surface area contributed by atoms with E-state index in [1.807, 2.05) is 0 Å². The second-order valence-electron chi connectivity index (χ2n) is 5.96. The number of hydrogen-bond acceptors (Lipinski definition) is 5. The summed E-state index contributed by atoms with van der Waals surface area (Å²) in [4.78, 5) is 24.6. The lowest BCUT2D eigenvalue weighted by atomic mass is 10.1. The molecule has 3 rings (SSSR count). The van der Waals surface area contributed by atoms with E-state index in [-0.39, 0.29) is 6.54 Å². The number of carbonyl (C=O) groups excluding carboxylic acids is 1. The maximum absolute atomic E-state index is 12.4. The van der Waals surface area contributed by atoms with Crippen LogP contribution < -0.4 is 20.3 Å². The molecular weight excluding hydrogens is 417 g/mol. The lowest BCUT2D eigenvalue weighted by Gasteiger charge is -2.12. The summed E-state index contributed by atoms with van der Waals surface area (Å²) in [6, 6.07) is 12.8. The van der Waals surface area contributed by atoms with Gasteiger partial charge >= 0.3 is 0 Å². The number of amides is 1. The van der Waals surface area contributed by atoms with Crippen LogP contribution in [-0.2, 0) is 11.3 Å². The van der Waals surface area contributed by atoms with Crippen LogP contribution in [0.3, 0.4) is 0 Å². The average molecular weight is 434 g/mol. The SMILES string of the molecule is COc1ccc(OC)c(-c2ccc(=O)n(CC(=O)Nc3ccc(Cl)c(Cl)c3)n2)c1. The molecule has 9 heteroatoms. The van der Waals surface area contributed by atoms with Crippen LogP contribution in [0.2, 0.25) is 10.0 Å². The van der Waals surface area contributed by atoms with E-state index in [4.69, 9.17) is 32.7 Å². The first kappa shape index (κ1) is 20.7. The minimum absolute atomic E-state index is 0.279. The lowest BCUT2D eigenvalue weighted by Crippen LogP contribution is -2.29. The smallest absolute Gasteiger partial charge is 0.267 e. The number of methoxy groups -OCH3 is 2. The fraction of sp³-hybridized carbons (Fsp3) is 0.150. The van der Waals surface area contributed by atoms with Gasteiger partial charge in [0.1, 0.15) is 18.0 Å². The first-order chi connectivity index (χ1) is 13.9. The summed E-state index contributed by atoms with van der Waals surface area (Å²) in [7, 11) is 3.08. The van der Waals surface area contributed by atoms with Gasteiger partial charge in [0, 0.05) is 17.3 Å². The van der Waals surface area contributed by atoms with Crippen molar-refractivity contribution in [2.45, 2.75) is 6.54 Å². The van der Waals surface area contributed by atoms with Gasteiger partial charge in [0.15, 0.2) is 0 Å². The van der Waals surface area contributed by atoms with Crippen LogP contribution in [0.25, 0.3) is 11.3 Å². The third kappa shape index (κ3) is 4.88. The van der Waals surface area contributed by atoms with Crippen molar-refractivity contribution in [1.29, 1.82) is 0 Å². The van der Waals surface area contributed by atoms with E-state index in [1.54, 1.807) is 43.5 Å². The number of halogens is 2. The Bertz CT molecular complexity index is 1120. The molecule has 0 saturated heterocycles. The van der Waals surface area contributed by atoms with Crippen molar-refractivity contribution in [3.8, 4) is 22.8 Å². The summed E-state index contributed by atoms with van der Waals surface area (Å²) in [5.74, 6) is 0.731. The van der Waals surface area contributed by atoms with Crippen molar-refractivity contribution in [1.82, 2.24) is 9.78 Å². The van der Waals surface area contributed by atoms with Gasteiger partial charge in [0.05, 0.1) is 30.0 Å². The van der Waals surface area contributed by atoms with E-state index < -0.39 is 11.5 Å². The van der Waals surface area contributed by atoms with E-state index in [2.05, 4.69) is 10.4 Å². The van der Waals surface area contributed by atoms with E-state index in [0.717, 1.165) is 4.68 Å². The summed E-state index contributed by atoms with van der Waals surface area (Å²) in [6.45, 7) is -0.279. The molecule has 0 aliphatic carbocycles. The summed E-state index contributed by atoms with van der Waals surface area (Å²) in [5, 5.41) is 7.65. The van der Waals surface area contributed by atoms with Crippen molar-refractivity contribution < 1.29 is 14.3 Å². The maximum atomic E-state index is 12.4. The topological polar surface area (TPSA) is 82.5 Å². The van der Waals surface area contributed by atoms with Crippen molar-refractivity contribution in [3.05, 3.63) is 68.9 Å². The number of nitrogens with zero attached hydrogens (tertiary/aromatic N) is 2. The monoisotopic (exact) mass is 433 g/mol. The van der Waals surface area contributed by atoms with Crippen molar-refractivity contribution in [3.63, 3.8) is 0 Å². The number of hydrogen-bond donors (Lipinski definition) is 1. The van der Waals surface area contributed by atoms with Gasteiger partial charge in [0.2, 0.25) is 5.91 Å². The van der Waals surface area contributed by atoms with Gasteiger partial charge in [-0.25, -0.2) is 4.68 Å². The number of carbonyl (C=O) groups is 1. The highest BCUT2D eigenvalue weighted by atomic mass is 35.5. The van der Waals surface area contributed by atoms with E-state index in [0.29, 0.717) is 38.5 Å². The highest BCUT2D eigenvalue weighted by Gasteiger charge is 2.13. The van der Waals surface area contributed by atoms with E-state index >= 15 is 0 Å². The van der Waals surface area contributed by atoms with Crippen molar-refractivity contribution in [2.75, 3.05) is 19.5 Å². The molecule has 0 radical (unpaired) electrons. The summed E-state index contributed by atoms with van der Waals surface area (Å²) in [5.41, 5.74) is 1.14. The predicted molar refractivity (Wildman–Crippen MR) is 112 cm³/mol. The number of anilines is 1. The zero-order valence-electron chi connectivity index (χ0n) is 15.6. The van der Waals surface area contributed by atoms with Gasteiger partial charge in [0.25, 0.3) is 5.56 Å². The molecule has 1 aromatic heterocycles. The molecule has 0 aliphatic rings. The molecule has 3 aromatic rings. The molecule has 0 bridgehead atoms. The Morgan fingerprint density at radius 3 is 2.52 bits per heavy atom. The minimum Gasteiger partial charge on any atom is -0.497 e. The second-order valence-corrected chi connectivity index (χ2v) is 6.77. The third-order valence-electron chi connectivity index (χ3n) is 4.05. The Morgan fingerprint density at radius 2 is 1.83 bits per heavy atom. The van der Waals surface area contributed by atoms with Gasteiger partial charge in [-0.05, 0) is 42.5 Å². The van der Waals surface area contributed by atoms with Crippen LogP contribution in [0, 0.1) is 0 Å². The standard InChI is InChI=1S/C20H17Cl2N3O4/c1-28-13-4-7-18(29-2)14(10-13)17-6-8-20(27)25(24-17)11-19(26)23-12-3-5-15(21)16(22)9-12/h3-10H,11H2,1-2H3,(H,23,26). The fourth-order valence-corrected chi connectivity index (χ4v) is 2.93. The minimum atomic E-state index is -0.437. The average Bonchev–Trinajstić information content (AvgIpc) is 2.72. The number of aromatic nitrogens is 2. The quantitative estimate of drug-likeness (QED) is 0.637. The predicted octanol–water partition coefficient (Wildman–Crippen LogP) is 3.87. The van der Waals surface area contributed by atoms with E-state index in [9.17, 15) is 9.59 Å². The summed E-state index contributed by atoms with van der Waals surface area (Å²) >= 11 is 11.8. The Kier molecular flexibility index (Phi) is 6.41. The van der Waals surface area contributed by atoms with Gasteiger partial charge in [-0.1, -0.05) is 23.2 Å². The molecule has 0 aliphatic heterocycles. The molecule has 1 amide bonds. The highest BCUT2D eigenvalue weighted by Crippen LogP contribution is 2.31. The highest BCUT2D eigenvalue weighted by molar-refractivity contribution is 6.42. The Balaban J connectivity index is 1.87. The molecule has 1 N–H and O–H groups in total. The molecule has 150 valence electrons. The summed E-state index contributed by atoms with van der Waals surface area (Å²) in [6.07, 6.45) is 0. The molecule has 0 fully saturated rings. The third-order valence-corrected chi connectivity index (χ3v) is 4.78. The van der Waals surface area contributed by atoms with Crippen LogP contribution in [0.5, 0.6) is 11.5 Å². The molecule has 7 nitrogen and oxygen atoms in total. The molecule has 0 spiro atoms. The zero-order valence-corrected chi connectivity index (χ0v) is 17.1. The molecular formula is C20H17Cl2N3O4. The number of ether oxygens (including phenoxy) is 2. The van der Waals surface area contributed by atoms with Gasteiger partial charge < -0.3 is 14.8 Å². The molecule has 0 unspecified atom stereocenters. The molecule has 2 aromatic carbocycles. The first-order valence-electron chi connectivity index (χ1n) is 8.46. The Labute approximate surface area is 176 Å².